The summed E-state index contributed by atoms with van der Waals surface area (Å²) < 4.78 is 5.51. The molecule has 0 aliphatic heterocycles. The molecule has 0 bridgehead atoms. The summed E-state index contributed by atoms with van der Waals surface area (Å²) in [5.41, 5.74) is 6.57. The summed E-state index contributed by atoms with van der Waals surface area (Å²) in [6, 6.07) is 4.06. The summed E-state index contributed by atoms with van der Waals surface area (Å²) in [5.74, 6) is 0.950. The molecule has 0 radical (unpaired) electrons. The van der Waals surface area contributed by atoms with Crippen molar-refractivity contribution in [3.63, 3.8) is 0 Å². The van der Waals surface area contributed by atoms with Crippen molar-refractivity contribution in [2.24, 2.45) is 0 Å². The Hall–Kier alpha value is -2.23. The Labute approximate surface area is 138 Å². The highest BCUT2D eigenvalue weighted by Crippen LogP contribution is 2.31. The Morgan fingerprint density at radius 2 is 1.78 bits per heavy atom. The van der Waals surface area contributed by atoms with Gasteiger partial charge in [-0.1, -0.05) is 19.9 Å². The molecule has 0 spiro atoms. The van der Waals surface area contributed by atoms with Crippen LogP contribution in [0.15, 0.2) is 18.2 Å². The van der Waals surface area contributed by atoms with Crippen LogP contribution < -0.4 is 4.74 Å². The molecule has 0 saturated heterocycles. The van der Waals surface area contributed by atoms with E-state index in [1.54, 1.807) is 7.11 Å². The minimum Gasteiger partial charge on any atom is -0.480 e. The molecule has 0 N–H and O–H groups in total. The number of allylic oxidation sites excluding steroid dienone is 2. The van der Waals surface area contributed by atoms with E-state index in [2.05, 4.69) is 23.8 Å². The first-order valence-electron chi connectivity index (χ1n) is 7.92. The van der Waals surface area contributed by atoms with E-state index in [-0.39, 0.29) is 0 Å². The van der Waals surface area contributed by atoms with E-state index >= 15 is 0 Å². The molecule has 0 fully saturated rings. The van der Waals surface area contributed by atoms with E-state index in [9.17, 15) is 0 Å². The van der Waals surface area contributed by atoms with E-state index in [1.807, 2.05) is 45.9 Å². The fourth-order valence-corrected chi connectivity index (χ4v) is 2.51. The lowest BCUT2D eigenvalue weighted by Crippen LogP contribution is -2.04. The number of hydrogen-bond donors (Lipinski definition) is 0. The lowest BCUT2D eigenvalue weighted by Gasteiger charge is -2.14. The highest BCUT2D eigenvalue weighted by molar-refractivity contribution is 5.71. The molecule has 4 nitrogen and oxygen atoms in total. The zero-order chi connectivity index (χ0) is 17.1. The minimum atomic E-state index is 0.351. The average molecular weight is 311 g/mol. The van der Waals surface area contributed by atoms with Crippen LogP contribution in [0, 0.1) is 13.8 Å². The van der Waals surface area contributed by atoms with Crippen molar-refractivity contribution in [1.82, 2.24) is 15.0 Å². The second kappa shape index (κ2) is 6.90. The van der Waals surface area contributed by atoms with Gasteiger partial charge in [0.1, 0.15) is 0 Å². The molecule has 2 aromatic rings. The number of aromatic nitrogens is 3. The lowest BCUT2D eigenvalue weighted by molar-refractivity contribution is 0.397. The first kappa shape index (κ1) is 17.1. The Kier molecular flexibility index (Phi) is 5.14. The molecule has 0 aliphatic carbocycles. The summed E-state index contributed by atoms with van der Waals surface area (Å²) in [4.78, 5) is 14.1. The van der Waals surface area contributed by atoms with Crippen LogP contribution in [0.1, 0.15) is 56.4 Å². The van der Waals surface area contributed by atoms with Crippen molar-refractivity contribution < 1.29 is 4.74 Å². The third kappa shape index (κ3) is 3.41. The Morgan fingerprint density at radius 3 is 2.35 bits per heavy atom. The van der Waals surface area contributed by atoms with E-state index in [0.717, 1.165) is 39.6 Å². The first-order chi connectivity index (χ1) is 10.9. The molecule has 122 valence electrons. The zero-order valence-electron chi connectivity index (χ0n) is 15.1. The van der Waals surface area contributed by atoms with Crippen LogP contribution in [0.2, 0.25) is 0 Å². The van der Waals surface area contributed by atoms with Crippen molar-refractivity contribution >= 4 is 5.57 Å². The standard InChI is InChI=1S/C19H25N3O/c1-8-12(4)17-13(5)20-14(6)18(22-17)15-9-10-16(11(2)3)21-19(15)23-7/h8-11H,1-7H3/b12-8-. The number of rotatable bonds is 4. The number of pyridine rings is 1. The third-order valence-electron chi connectivity index (χ3n) is 3.97. The fraction of sp³-hybridized carbons (Fsp3) is 0.421. The number of ether oxygens (including phenoxy) is 1. The third-order valence-corrected chi connectivity index (χ3v) is 3.97. The smallest absolute Gasteiger partial charge is 0.222 e. The molecular formula is C19H25N3O. The predicted octanol–water partition coefficient (Wildman–Crippen LogP) is 4.71. The second-order valence-electron chi connectivity index (χ2n) is 6.01. The van der Waals surface area contributed by atoms with E-state index < -0.39 is 0 Å². The molecule has 2 heterocycles. The number of aryl methyl sites for hydroxylation is 2. The molecule has 0 atom stereocenters. The van der Waals surface area contributed by atoms with Gasteiger partial charge in [-0.2, -0.15) is 0 Å². The van der Waals surface area contributed by atoms with Gasteiger partial charge < -0.3 is 4.74 Å². The van der Waals surface area contributed by atoms with Crippen LogP contribution in [0.25, 0.3) is 16.8 Å². The maximum absolute atomic E-state index is 5.51. The van der Waals surface area contributed by atoms with Crippen LogP contribution in [-0.2, 0) is 0 Å². The molecule has 2 rings (SSSR count). The van der Waals surface area contributed by atoms with Gasteiger partial charge in [-0.3, -0.25) is 4.98 Å². The van der Waals surface area contributed by atoms with Gasteiger partial charge in [0.2, 0.25) is 5.88 Å². The molecule has 0 aromatic carbocycles. The van der Waals surface area contributed by atoms with Crippen molar-refractivity contribution in [3.8, 4) is 17.1 Å². The molecular weight excluding hydrogens is 286 g/mol. The fourth-order valence-electron chi connectivity index (χ4n) is 2.51. The monoisotopic (exact) mass is 311 g/mol. The molecule has 0 saturated carbocycles. The normalized spacial score (nSPS) is 11.9. The molecule has 4 heteroatoms. The Bertz CT molecular complexity index is 749. The number of methoxy groups -OCH3 is 1. The van der Waals surface area contributed by atoms with Gasteiger partial charge in [0.05, 0.1) is 35.4 Å². The maximum atomic E-state index is 5.51. The molecule has 2 aromatic heterocycles. The van der Waals surface area contributed by atoms with Crippen molar-refractivity contribution in [2.45, 2.75) is 47.5 Å². The van der Waals surface area contributed by atoms with Gasteiger partial charge in [0.15, 0.2) is 0 Å². The molecule has 0 aliphatic rings. The van der Waals surface area contributed by atoms with Crippen LogP contribution in [0.4, 0.5) is 0 Å². The lowest BCUT2D eigenvalue weighted by atomic mass is 10.1. The van der Waals surface area contributed by atoms with Crippen LogP contribution in [-0.4, -0.2) is 22.1 Å². The van der Waals surface area contributed by atoms with Crippen molar-refractivity contribution in [2.75, 3.05) is 7.11 Å². The van der Waals surface area contributed by atoms with Gasteiger partial charge in [-0.25, -0.2) is 9.97 Å². The number of hydrogen-bond acceptors (Lipinski definition) is 4. The van der Waals surface area contributed by atoms with Gasteiger partial charge in [0.25, 0.3) is 0 Å². The minimum absolute atomic E-state index is 0.351. The van der Waals surface area contributed by atoms with E-state index in [0.29, 0.717) is 11.8 Å². The summed E-state index contributed by atoms with van der Waals surface area (Å²) in [6.45, 7) is 12.3. The molecule has 0 unspecified atom stereocenters. The average Bonchev–Trinajstić information content (AvgIpc) is 2.53. The van der Waals surface area contributed by atoms with Crippen LogP contribution in [0.3, 0.4) is 0 Å². The second-order valence-corrected chi connectivity index (χ2v) is 6.01. The highest BCUT2D eigenvalue weighted by atomic mass is 16.5. The van der Waals surface area contributed by atoms with Crippen LogP contribution in [0.5, 0.6) is 5.88 Å². The van der Waals surface area contributed by atoms with Gasteiger partial charge in [-0.15, -0.1) is 0 Å². The summed E-state index contributed by atoms with van der Waals surface area (Å²) in [7, 11) is 1.64. The Balaban J connectivity index is 2.66. The molecule has 0 amide bonds. The summed E-state index contributed by atoms with van der Waals surface area (Å²) >= 11 is 0. The first-order valence-corrected chi connectivity index (χ1v) is 7.92. The van der Waals surface area contributed by atoms with Crippen molar-refractivity contribution in [3.05, 3.63) is 41.0 Å². The quantitative estimate of drug-likeness (QED) is 0.820. The zero-order valence-corrected chi connectivity index (χ0v) is 15.1. The highest BCUT2D eigenvalue weighted by Gasteiger charge is 2.17. The van der Waals surface area contributed by atoms with Gasteiger partial charge in [-0.05, 0) is 51.3 Å². The van der Waals surface area contributed by atoms with Gasteiger partial charge in [0, 0.05) is 5.69 Å². The van der Waals surface area contributed by atoms with E-state index in [1.165, 1.54) is 0 Å². The van der Waals surface area contributed by atoms with Gasteiger partial charge >= 0.3 is 0 Å². The SMILES string of the molecule is C/C=C(/C)c1nc(-c2ccc(C(C)C)nc2OC)c(C)nc1C. The predicted molar refractivity (Wildman–Crippen MR) is 94.7 cm³/mol. The largest absolute Gasteiger partial charge is 0.480 e. The summed E-state index contributed by atoms with van der Waals surface area (Å²) in [5, 5.41) is 0. The maximum Gasteiger partial charge on any atom is 0.222 e. The summed E-state index contributed by atoms with van der Waals surface area (Å²) in [6.07, 6.45) is 2.05. The van der Waals surface area contributed by atoms with Crippen molar-refractivity contribution in [1.29, 1.82) is 0 Å². The van der Waals surface area contributed by atoms with Crippen LogP contribution >= 0.6 is 0 Å². The van der Waals surface area contributed by atoms with E-state index in [4.69, 9.17) is 9.72 Å². The Morgan fingerprint density at radius 1 is 1.09 bits per heavy atom. The molecule has 23 heavy (non-hydrogen) atoms. The number of nitrogens with zero attached hydrogens (tertiary/aromatic N) is 3. The topological polar surface area (TPSA) is 47.9 Å².